The molecule has 0 aromatic heterocycles. The summed E-state index contributed by atoms with van der Waals surface area (Å²) in [6.45, 7) is 12.1. The molecule has 1 saturated heterocycles. The molecule has 2 atom stereocenters. The predicted molar refractivity (Wildman–Crippen MR) is 84.2 cm³/mol. The van der Waals surface area contributed by atoms with E-state index in [9.17, 15) is 4.79 Å². The van der Waals surface area contributed by atoms with E-state index in [1.807, 2.05) is 4.90 Å². The molecule has 0 N–H and O–H groups in total. The minimum Gasteiger partial charge on any atom is -0.363 e. The minimum absolute atomic E-state index is 0.180. The molecular formula is C17H26N2O. The second-order valence-corrected chi connectivity index (χ2v) is 6.28. The van der Waals surface area contributed by atoms with Crippen LogP contribution in [0.1, 0.15) is 46.1 Å². The Hall–Kier alpha value is -1.51. The summed E-state index contributed by atoms with van der Waals surface area (Å²) in [6.07, 6.45) is 0. The maximum Gasteiger partial charge on any atom is 0.219 e. The Morgan fingerprint density at radius 1 is 1.20 bits per heavy atom. The highest BCUT2D eigenvalue weighted by atomic mass is 16.2. The number of piperazine rings is 1. The molecule has 0 unspecified atom stereocenters. The van der Waals surface area contributed by atoms with Gasteiger partial charge in [0.05, 0.1) is 0 Å². The van der Waals surface area contributed by atoms with E-state index >= 15 is 0 Å². The fourth-order valence-electron chi connectivity index (χ4n) is 3.13. The molecule has 2 rings (SSSR count). The number of carbonyl (C=O) groups excluding carboxylic acids is 1. The molecule has 1 aliphatic heterocycles. The number of amides is 1. The van der Waals surface area contributed by atoms with Gasteiger partial charge in [-0.15, -0.1) is 0 Å². The third-order valence-electron chi connectivity index (χ3n) is 4.20. The zero-order valence-electron chi connectivity index (χ0n) is 13.3. The summed E-state index contributed by atoms with van der Waals surface area (Å²) in [5, 5.41) is 0. The topological polar surface area (TPSA) is 23.6 Å². The SMILES string of the molecule is CC(=O)N1C[C@@H](C)N(c2cccc(C(C)C)c2)[C@@H](C)C1. The molecule has 20 heavy (non-hydrogen) atoms. The molecule has 0 saturated carbocycles. The van der Waals surface area contributed by atoms with Gasteiger partial charge >= 0.3 is 0 Å². The lowest BCUT2D eigenvalue weighted by molar-refractivity contribution is -0.130. The van der Waals surface area contributed by atoms with Crippen molar-refractivity contribution in [3.63, 3.8) is 0 Å². The van der Waals surface area contributed by atoms with E-state index in [0.717, 1.165) is 13.1 Å². The van der Waals surface area contributed by atoms with Gasteiger partial charge in [0.15, 0.2) is 0 Å². The van der Waals surface area contributed by atoms with Gasteiger partial charge in [-0.25, -0.2) is 0 Å². The first-order chi connectivity index (χ1) is 9.40. The maximum atomic E-state index is 11.6. The van der Waals surface area contributed by atoms with Gasteiger partial charge in [0.2, 0.25) is 5.91 Å². The Morgan fingerprint density at radius 3 is 2.30 bits per heavy atom. The molecule has 3 heteroatoms. The van der Waals surface area contributed by atoms with E-state index in [4.69, 9.17) is 0 Å². The lowest BCUT2D eigenvalue weighted by atomic mass is 10.0. The van der Waals surface area contributed by atoms with Crippen LogP contribution in [0.4, 0.5) is 5.69 Å². The van der Waals surface area contributed by atoms with Crippen molar-refractivity contribution in [3.05, 3.63) is 29.8 Å². The van der Waals surface area contributed by atoms with Crippen molar-refractivity contribution in [1.29, 1.82) is 0 Å². The lowest BCUT2D eigenvalue weighted by Gasteiger charge is -2.45. The number of benzene rings is 1. The fourth-order valence-corrected chi connectivity index (χ4v) is 3.13. The third-order valence-corrected chi connectivity index (χ3v) is 4.20. The molecule has 1 fully saturated rings. The minimum atomic E-state index is 0.180. The van der Waals surface area contributed by atoms with Gasteiger partial charge in [0.1, 0.15) is 0 Å². The number of anilines is 1. The first kappa shape index (κ1) is 14.9. The Morgan fingerprint density at radius 2 is 1.80 bits per heavy atom. The van der Waals surface area contributed by atoms with Crippen LogP contribution < -0.4 is 4.90 Å². The molecule has 1 amide bonds. The van der Waals surface area contributed by atoms with E-state index in [1.165, 1.54) is 11.3 Å². The summed E-state index contributed by atoms with van der Waals surface area (Å²) in [7, 11) is 0. The number of nitrogens with zero attached hydrogens (tertiary/aromatic N) is 2. The van der Waals surface area contributed by atoms with Crippen LogP contribution in [0.15, 0.2) is 24.3 Å². The van der Waals surface area contributed by atoms with E-state index < -0.39 is 0 Å². The molecule has 0 spiro atoms. The molecule has 1 heterocycles. The van der Waals surface area contributed by atoms with Gasteiger partial charge in [-0.05, 0) is 37.5 Å². The lowest BCUT2D eigenvalue weighted by Crippen LogP contribution is -2.58. The summed E-state index contributed by atoms with van der Waals surface area (Å²) in [6, 6.07) is 9.51. The highest BCUT2D eigenvalue weighted by Crippen LogP contribution is 2.27. The molecule has 0 bridgehead atoms. The highest BCUT2D eigenvalue weighted by Gasteiger charge is 2.30. The number of rotatable bonds is 2. The molecule has 0 aliphatic carbocycles. The number of hydrogen-bond donors (Lipinski definition) is 0. The monoisotopic (exact) mass is 274 g/mol. The van der Waals surface area contributed by atoms with Crippen LogP contribution in [-0.2, 0) is 4.79 Å². The predicted octanol–water partition coefficient (Wildman–Crippen LogP) is 3.26. The number of carbonyl (C=O) groups is 1. The zero-order valence-corrected chi connectivity index (χ0v) is 13.3. The highest BCUT2D eigenvalue weighted by molar-refractivity contribution is 5.73. The van der Waals surface area contributed by atoms with Gasteiger partial charge in [0.25, 0.3) is 0 Å². The first-order valence-corrected chi connectivity index (χ1v) is 7.54. The molecule has 110 valence electrons. The van der Waals surface area contributed by atoms with E-state index in [-0.39, 0.29) is 5.91 Å². The molecular weight excluding hydrogens is 248 g/mol. The van der Waals surface area contributed by atoms with Gasteiger partial charge in [-0.1, -0.05) is 26.0 Å². The third kappa shape index (κ3) is 2.97. The fraction of sp³-hybridized carbons (Fsp3) is 0.588. The summed E-state index contributed by atoms with van der Waals surface area (Å²) in [5.41, 5.74) is 2.65. The smallest absolute Gasteiger partial charge is 0.219 e. The van der Waals surface area contributed by atoms with Gasteiger partial charge in [-0.2, -0.15) is 0 Å². The van der Waals surface area contributed by atoms with Crippen LogP contribution in [0.2, 0.25) is 0 Å². The molecule has 3 nitrogen and oxygen atoms in total. The standard InChI is InChI=1S/C17H26N2O/c1-12(2)16-7-6-8-17(9-16)19-13(3)10-18(15(5)20)11-14(19)4/h6-9,12-14H,10-11H2,1-5H3/t13-,14+. The van der Waals surface area contributed by atoms with Crippen LogP contribution in [0, 0.1) is 0 Å². The summed E-state index contributed by atoms with van der Waals surface area (Å²) < 4.78 is 0. The van der Waals surface area contributed by atoms with Crippen LogP contribution in [0.3, 0.4) is 0 Å². The molecule has 0 radical (unpaired) electrons. The normalized spacial score (nSPS) is 23.3. The summed E-state index contributed by atoms with van der Waals surface area (Å²) >= 11 is 0. The van der Waals surface area contributed by atoms with Crippen LogP contribution in [0.25, 0.3) is 0 Å². The van der Waals surface area contributed by atoms with Crippen molar-refractivity contribution in [1.82, 2.24) is 4.90 Å². The Bertz CT molecular complexity index is 472. The second kappa shape index (κ2) is 5.86. The first-order valence-electron chi connectivity index (χ1n) is 7.54. The van der Waals surface area contributed by atoms with Crippen LogP contribution in [-0.4, -0.2) is 36.0 Å². The average molecular weight is 274 g/mol. The van der Waals surface area contributed by atoms with Crippen molar-refractivity contribution in [3.8, 4) is 0 Å². The van der Waals surface area contributed by atoms with E-state index in [2.05, 4.69) is 56.9 Å². The van der Waals surface area contributed by atoms with Crippen molar-refractivity contribution in [2.75, 3.05) is 18.0 Å². The molecule has 1 aromatic carbocycles. The number of hydrogen-bond acceptors (Lipinski definition) is 2. The van der Waals surface area contributed by atoms with E-state index in [0.29, 0.717) is 18.0 Å². The summed E-state index contributed by atoms with van der Waals surface area (Å²) in [5.74, 6) is 0.721. The largest absolute Gasteiger partial charge is 0.363 e. The van der Waals surface area contributed by atoms with Crippen molar-refractivity contribution < 1.29 is 4.79 Å². The Kier molecular flexibility index (Phi) is 4.36. The molecule has 1 aromatic rings. The van der Waals surface area contributed by atoms with Crippen molar-refractivity contribution >= 4 is 11.6 Å². The second-order valence-electron chi connectivity index (χ2n) is 6.28. The van der Waals surface area contributed by atoms with Crippen molar-refractivity contribution in [2.45, 2.75) is 52.6 Å². The maximum absolute atomic E-state index is 11.6. The van der Waals surface area contributed by atoms with Gasteiger partial charge in [-0.3, -0.25) is 4.79 Å². The molecule has 1 aliphatic rings. The zero-order chi connectivity index (χ0) is 14.9. The average Bonchev–Trinajstić information content (AvgIpc) is 2.38. The van der Waals surface area contributed by atoms with Crippen molar-refractivity contribution in [2.24, 2.45) is 0 Å². The van der Waals surface area contributed by atoms with Crippen LogP contribution in [0.5, 0.6) is 0 Å². The Labute approximate surface area is 122 Å². The summed E-state index contributed by atoms with van der Waals surface area (Å²) in [4.78, 5) is 16.0. The van der Waals surface area contributed by atoms with Gasteiger partial charge in [0, 0.05) is 37.8 Å². The Balaban J connectivity index is 2.24. The van der Waals surface area contributed by atoms with Crippen LogP contribution >= 0.6 is 0 Å². The van der Waals surface area contributed by atoms with Gasteiger partial charge < -0.3 is 9.80 Å². The van der Waals surface area contributed by atoms with E-state index in [1.54, 1.807) is 6.92 Å². The quantitative estimate of drug-likeness (QED) is 0.826.